The van der Waals surface area contributed by atoms with Gasteiger partial charge >= 0.3 is 12.1 Å². The number of rotatable bonds is 15. The molecule has 0 saturated heterocycles. The molecule has 0 heterocycles. The first-order chi connectivity index (χ1) is 16.2. The topological polar surface area (TPSA) is 186 Å². The molecule has 3 atom stereocenters. The molecule has 35 heavy (non-hydrogen) atoms. The summed E-state index contributed by atoms with van der Waals surface area (Å²) in [5.41, 5.74) is 4.32. The van der Waals surface area contributed by atoms with E-state index in [9.17, 15) is 29.1 Å². The van der Waals surface area contributed by atoms with E-state index in [4.69, 9.17) is 15.2 Å². The van der Waals surface area contributed by atoms with Crippen LogP contribution in [0.25, 0.3) is 0 Å². The third-order valence-corrected chi connectivity index (χ3v) is 4.55. The maximum atomic E-state index is 12.8. The SMILES string of the molecule is CCCCOC(=O)[C@H](CC(C)C)NC(=O)[C@H](CO)NC(=O)[C@H](CCC(N)=O)NC(=O)OC(C)(C)C. The monoisotopic (exact) mass is 502 g/mol. The number of hydrogen-bond acceptors (Lipinski definition) is 8. The Hall–Kier alpha value is -2.89. The van der Waals surface area contributed by atoms with Gasteiger partial charge in [0.15, 0.2) is 0 Å². The van der Waals surface area contributed by atoms with E-state index in [-0.39, 0.29) is 25.4 Å². The zero-order valence-electron chi connectivity index (χ0n) is 21.6. The van der Waals surface area contributed by atoms with Crippen LogP contribution in [0.2, 0.25) is 0 Å². The molecular weight excluding hydrogens is 460 g/mol. The minimum Gasteiger partial charge on any atom is -0.464 e. The summed E-state index contributed by atoms with van der Waals surface area (Å²) in [4.78, 5) is 61.3. The quantitative estimate of drug-likeness (QED) is 0.158. The Bertz CT molecular complexity index is 721. The van der Waals surface area contributed by atoms with Crippen molar-refractivity contribution >= 4 is 29.8 Å². The molecule has 0 radical (unpaired) electrons. The number of aliphatic hydroxyl groups excluding tert-OH is 1. The van der Waals surface area contributed by atoms with Crippen LogP contribution in [-0.2, 0) is 28.7 Å². The molecule has 0 aromatic heterocycles. The number of aliphatic hydroxyl groups is 1. The zero-order chi connectivity index (χ0) is 27.2. The first-order valence-electron chi connectivity index (χ1n) is 11.9. The minimum absolute atomic E-state index is 0.0531. The highest BCUT2D eigenvalue weighted by molar-refractivity contribution is 5.93. The number of hydrogen-bond donors (Lipinski definition) is 5. The van der Waals surface area contributed by atoms with Gasteiger partial charge in [0.05, 0.1) is 13.2 Å². The van der Waals surface area contributed by atoms with Crippen molar-refractivity contribution < 1.29 is 38.6 Å². The number of amides is 4. The summed E-state index contributed by atoms with van der Waals surface area (Å²) >= 11 is 0. The van der Waals surface area contributed by atoms with Crippen LogP contribution in [0.1, 0.15) is 73.6 Å². The Balaban J connectivity index is 5.36. The maximum absolute atomic E-state index is 12.8. The number of primary amides is 1. The Labute approximate surface area is 207 Å². The molecule has 0 fully saturated rings. The number of carbonyl (C=O) groups is 5. The van der Waals surface area contributed by atoms with Gasteiger partial charge in [-0.2, -0.15) is 0 Å². The van der Waals surface area contributed by atoms with Gasteiger partial charge in [0.25, 0.3) is 0 Å². The number of unbranched alkanes of at least 4 members (excludes halogenated alkanes) is 1. The molecule has 202 valence electrons. The van der Waals surface area contributed by atoms with Gasteiger partial charge in [-0.25, -0.2) is 9.59 Å². The Morgan fingerprint density at radius 2 is 1.51 bits per heavy atom. The van der Waals surface area contributed by atoms with Gasteiger partial charge in [-0.1, -0.05) is 27.2 Å². The van der Waals surface area contributed by atoms with Gasteiger partial charge in [-0.05, 0) is 46.0 Å². The number of ether oxygens (including phenoxy) is 2. The molecule has 0 bridgehead atoms. The van der Waals surface area contributed by atoms with Crippen LogP contribution in [-0.4, -0.2) is 71.8 Å². The first kappa shape index (κ1) is 32.1. The molecule has 0 spiro atoms. The number of nitrogens with two attached hydrogens (primary N) is 1. The average molecular weight is 503 g/mol. The van der Waals surface area contributed by atoms with E-state index in [2.05, 4.69) is 16.0 Å². The van der Waals surface area contributed by atoms with Crippen molar-refractivity contribution in [2.45, 2.75) is 97.4 Å². The number of alkyl carbamates (subject to hydrolysis) is 1. The second kappa shape index (κ2) is 15.9. The highest BCUT2D eigenvalue weighted by atomic mass is 16.6. The number of esters is 1. The van der Waals surface area contributed by atoms with Crippen LogP contribution < -0.4 is 21.7 Å². The lowest BCUT2D eigenvalue weighted by Crippen LogP contribution is -2.57. The average Bonchev–Trinajstić information content (AvgIpc) is 2.72. The smallest absolute Gasteiger partial charge is 0.408 e. The van der Waals surface area contributed by atoms with Crippen molar-refractivity contribution in [3.63, 3.8) is 0 Å². The zero-order valence-corrected chi connectivity index (χ0v) is 21.6. The molecular formula is C23H42N4O8. The van der Waals surface area contributed by atoms with E-state index in [0.717, 1.165) is 6.42 Å². The van der Waals surface area contributed by atoms with Crippen molar-refractivity contribution in [1.82, 2.24) is 16.0 Å². The van der Waals surface area contributed by atoms with E-state index in [1.807, 2.05) is 20.8 Å². The lowest BCUT2D eigenvalue weighted by molar-refractivity contribution is -0.149. The van der Waals surface area contributed by atoms with E-state index < -0.39 is 60.1 Å². The summed E-state index contributed by atoms with van der Waals surface area (Å²) in [5, 5.41) is 16.9. The van der Waals surface area contributed by atoms with Crippen LogP contribution in [0.3, 0.4) is 0 Å². The summed E-state index contributed by atoms with van der Waals surface area (Å²) in [6.45, 7) is 10.0. The van der Waals surface area contributed by atoms with Gasteiger partial charge in [-0.15, -0.1) is 0 Å². The van der Waals surface area contributed by atoms with E-state index >= 15 is 0 Å². The highest BCUT2D eigenvalue weighted by Gasteiger charge is 2.31. The second-order valence-corrected chi connectivity index (χ2v) is 9.66. The van der Waals surface area contributed by atoms with Gasteiger partial charge in [-0.3, -0.25) is 14.4 Å². The van der Waals surface area contributed by atoms with E-state index in [1.54, 1.807) is 20.8 Å². The molecule has 6 N–H and O–H groups in total. The largest absolute Gasteiger partial charge is 0.464 e. The normalized spacial score (nSPS) is 13.8. The predicted molar refractivity (Wildman–Crippen MR) is 128 cm³/mol. The van der Waals surface area contributed by atoms with Gasteiger partial charge < -0.3 is 36.3 Å². The molecule has 0 aromatic rings. The third-order valence-electron chi connectivity index (χ3n) is 4.55. The fourth-order valence-electron chi connectivity index (χ4n) is 2.85. The van der Waals surface area contributed by atoms with Gasteiger partial charge in [0, 0.05) is 6.42 Å². The Morgan fingerprint density at radius 3 is 2.00 bits per heavy atom. The lowest BCUT2D eigenvalue weighted by Gasteiger charge is -2.25. The molecule has 0 aliphatic rings. The second-order valence-electron chi connectivity index (χ2n) is 9.66. The summed E-state index contributed by atoms with van der Waals surface area (Å²) in [6, 6.07) is -3.64. The molecule has 0 aromatic carbocycles. The highest BCUT2D eigenvalue weighted by Crippen LogP contribution is 2.09. The van der Waals surface area contributed by atoms with Crippen molar-refractivity contribution in [1.29, 1.82) is 0 Å². The molecule has 0 aliphatic heterocycles. The lowest BCUT2D eigenvalue weighted by atomic mass is 10.0. The van der Waals surface area contributed by atoms with Crippen molar-refractivity contribution in [3.8, 4) is 0 Å². The first-order valence-corrected chi connectivity index (χ1v) is 11.9. The Kier molecular flexibility index (Phi) is 14.6. The summed E-state index contributed by atoms with van der Waals surface area (Å²) in [7, 11) is 0. The fourth-order valence-corrected chi connectivity index (χ4v) is 2.85. The summed E-state index contributed by atoms with van der Waals surface area (Å²) in [5.74, 6) is -2.88. The standard InChI is InChI=1S/C23H42N4O8/c1-7-8-11-34-21(32)16(12-14(2)3)25-20(31)17(13-28)26-19(30)15(9-10-18(24)29)27-22(33)35-23(4,5)6/h14-17,28H,7-13H2,1-6H3,(H2,24,29)(H,25,31)(H,26,30)(H,27,33)/t15-,16-,17-/m0/s1. The van der Waals surface area contributed by atoms with Crippen LogP contribution >= 0.6 is 0 Å². The van der Waals surface area contributed by atoms with Crippen molar-refractivity contribution in [3.05, 3.63) is 0 Å². The molecule has 0 saturated carbocycles. The van der Waals surface area contributed by atoms with Crippen molar-refractivity contribution in [2.24, 2.45) is 11.7 Å². The molecule has 12 heteroatoms. The van der Waals surface area contributed by atoms with Crippen LogP contribution in [0, 0.1) is 5.92 Å². The predicted octanol–water partition coefficient (Wildman–Crippen LogP) is 0.497. The summed E-state index contributed by atoms with van der Waals surface area (Å²) < 4.78 is 10.3. The maximum Gasteiger partial charge on any atom is 0.408 e. The third kappa shape index (κ3) is 14.9. The van der Waals surface area contributed by atoms with Crippen LogP contribution in [0.15, 0.2) is 0 Å². The molecule has 0 unspecified atom stereocenters. The number of nitrogens with one attached hydrogen (secondary N) is 3. The van der Waals surface area contributed by atoms with E-state index in [1.165, 1.54) is 0 Å². The molecule has 4 amide bonds. The van der Waals surface area contributed by atoms with Gasteiger partial charge in [0.1, 0.15) is 23.7 Å². The molecule has 12 nitrogen and oxygen atoms in total. The van der Waals surface area contributed by atoms with Crippen LogP contribution in [0.4, 0.5) is 4.79 Å². The number of carbonyl (C=O) groups excluding carboxylic acids is 5. The van der Waals surface area contributed by atoms with Crippen LogP contribution in [0.5, 0.6) is 0 Å². The minimum atomic E-state index is -1.42. The Morgan fingerprint density at radius 1 is 0.943 bits per heavy atom. The fraction of sp³-hybridized carbons (Fsp3) is 0.783. The summed E-state index contributed by atoms with van der Waals surface area (Å²) in [6.07, 6.45) is 0.537. The molecule has 0 rings (SSSR count). The van der Waals surface area contributed by atoms with Gasteiger partial charge in [0.2, 0.25) is 17.7 Å². The van der Waals surface area contributed by atoms with Crippen molar-refractivity contribution in [2.75, 3.05) is 13.2 Å². The van der Waals surface area contributed by atoms with E-state index in [0.29, 0.717) is 12.8 Å². The molecule has 0 aliphatic carbocycles.